The molecule has 0 spiro atoms. The smallest absolute Gasteiger partial charge is 0.323 e. The molecule has 3 aromatic rings. The minimum atomic E-state index is -0.845. The maximum absolute atomic E-state index is 12.8. The Morgan fingerprint density at radius 1 is 0.895 bits per heavy atom. The van der Waals surface area contributed by atoms with Crippen LogP contribution in [0.15, 0.2) is 72.8 Å². The fraction of sp³-hybridized carbons (Fsp3) is 0.344. The van der Waals surface area contributed by atoms with Crippen LogP contribution < -0.4 is 5.32 Å². The second-order valence-electron chi connectivity index (χ2n) is 10.6. The second-order valence-corrected chi connectivity index (χ2v) is 10.6. The van der Waals surface area contributed by atoms with Gasteiger partial charge in [0.05, 0.1) is 6.42 Å². The van der Waals surface area contributed by atoms with Gasteiger partial charge in [0.1, 0.15) is 5.84 Å². The number of aryl methyl sites for hydroxylation is 1. The minimum Gasteiger partial charge on any atom is -0.481 e. The zero-order valence-electron chi connectivity index (χ0n) is 22.9. The van der Waals surface area contributed by atoms with E-state index < -0.39 is 5.97 Å². The zero-order valence-corrected chi connectivity index (χ0v) is 22.9. The van der Waals surface area contributed by atoms with Gasteiger partial charge >= 0.3 is 12.0 Å². The summed E-state index contributed by atoms with van der Waals surface area (Å²) >= 11 is 0. The van der Waals surface area contributed by atoms with Gasteiger partial charge in [-0.1, -0.05) is 93.6 Å². The third kappa shape index (κ3) is 8.30. The lowest BCUT2D eigenvalue weighted by Gasteiger charge is -2.22. The molecule has 0 bridgehead atoms. The highest BCUT2D eigenvalue weighted by atomic mass is 16.4. The highest BCUT2D eigenvalue weighted by Crippen LogP contribution is 2.23. The number of amidine groups is 1. The van der Waals surface area contributed by atoms with Crippen molar-refractivity contribution in [2.75, 3.05) is 6.54 Å². The third-order valence-corrected chi connectivity index (χ3v) is 6.57. The summed E-state index contributed by atoms with van der Waals surface area (Å²) in [5, 5.41) is 20.5. The number of benzene rings is 3. The summed E-state index contributed by atoms with van der Waals surface area (Å²) in [5.41, 5.74) is 6.31. The van der Waals surface area contributed by atoms with Gasteiger partial charge in [0.15, 0.2) is 0 Å². The normalized spacial score (nSPS) is 11.2. The number of rotatable bonds is 10. The number of hydrogen-bond acceptors (Lipinski definition) is 3. The maximum atomic E-state index is 12.8. The van der Waals surface area contributed by atoms with E-state index in [4.69, 9.17) is 10.5 Å². The number of hydrogen-bond donors (Lipinski definition) is 3. The number of carbonyl (C=O) groups excluding carboxylic acids is 1. The molecule has 0 atom stereocenters. The maximum Gasteiger partial charge on any atom is 0.323 e. The molecule has 3 N–H and O–H groups in total. The topological polar surface area (TPSA) is 93.5 Å². The summed E-state index contributed by atoms with van der Waals surface area (Å²) in [4.78, 5) is 25.3. The van der Waals surface area contributed by atoms with Crippen LogP contribution >= 0.6 is 0 Å². The molecule has 0 heterocycles. The molecule has 6 nitrogen and oxygen atoms in total. The van der Waals surface area contributed by atoms with Crippen molar-refractivity contribution < 1.29 is 14.7 Å². The van der Waals surface area contributed by atoms with Crippen LogP contribution in [0.4, 0.5) is 4.79 Å². The van der Waals surface area contributed by atoms with Crippen molar-refractivity contribution in [1.29, 1.82) is 5.41 Å². The summed E-state index contributed by atoms with van der Waals surface area (Å²) in [6.07, 6.45) is 2.03. The molecule has 0 aliphatic heterocycles. The molecule has 0 aliphatic rings. The first-order valence-electron chi connectivity index (χ1n) is 13.2. The molecule has 0 unspecified atom stereocenters. The summed E-state index contributed by atoms with van der Waals surface area (Å²) in [6, 6.07) is 23.8. The summed E-state index contributed by atoms with van der Waals surface area (Å²) in [5.74, 6) is -0.534. The standard InChI is InChI=1S/C32H39N3O3/c1-5-35(31(38)34-22-24-15-17-28(18-16-24)32(2,3)4)29(33)14-8-10-23-9-6-12-26(19-23)27-13-7-11-25(20-27)21-30(36)37/h6-7,9,11-13,15-20,33H,5,8,10,14,21-22H2,1-4H3,(H,34,38)(H,36,37). The van der Waals surface area contributed by atoms with Gasteiger partial charge in [-0.2, -0.15) is 0 Å². The molecule has 200 valence electrons. The largest absolute Gasteiger partial charge is 0.481 e. The van der Waals surface area contributed by atoms with E-state index in [1.54, 1.807) is 0 Å². The molecule has 6 heteroatoms. The molecule has 0 saturated carbocycles. The number of urea groups is 1. The molecule has 0 radical (unpaired) electrons. The molecule has 0 aromatic heterocycles. The lowest BCUT2D eigenvalue weighted by Crippen LogP contribution is -2.43. The first-order chi connectivity index (χ1) is 18.1. The fourth-order valence-corrected chi connectivity index (χ4v) is 4.39. The van der Waals surface area contributed by atoms with E-state index in [2.05, 4.69) is 50.4 Å². The van der Waals surface area contributed by atoms with E-state index in [9.17, 15) is 9.59 Å². The number of amides is 2. The molecule has 0 aliphatic carbocycles. The lowest BCUT2D eigenvalue weighted by atomic mass is 9.87. The second kappa shape index (κ2) is 13.0. The average molecular weight is 514 g/mol. The first-order valence-corrected chi connectivity index (χ1v) is 13.2. The monoisotopic (exact) mass is 513 g/mol. The van der Waals surface area contributed by atoms with Crippen LogP contribution in [0.5, 0.6) is 0 Å². The van der Waals surface area contributed by atoms with Gasteiger partial charge in [0.25, 0.3) is 0 Å². The van der Waals surface area contributed by atoms with E-state index in [0.717, 1.165) is 40.7 Å². The van der Waals surface area contributed by atoms with Crippen LogP contribution in [0, 0.1) is 5.41 Å². The Labute approximate surface area is 226 Å². The van der Waals surface area contributed by atoms with E-state index in [1.807, 2.05) is 55.5 Å². The van der Waals surface area contributed by atoms with Crippen molar-refractivity contribution in [2.24, 2.45) is 0 Å². The Morgan fingerprint density at radius 2 is 1.50 bits per heavy atom. The predicted molar refractivity (Wildman–Crippen MR) is 154 cm³/mol. The number of carboxylic acids is 1. The Hall–Kier alpha value is -3.93. The molecular formula is C32H39N3O3. The van der Waals surface area contributed by atoms with Gasteiger partial charge in [-0.15, -0.1) is 0 Å². The van der Waals surface area contributed by atoms with E-state index in [-0.39, 0.29) is 17.9 Å². The highest BCUT2D eigenvalue weighted by molar-refractivity contribution is 5.95. The Morgan fingerprint density at radius 3 is 2.08 bits per heavy atom. The van der Waals surface area contributed by atoms with Crippen LogP contribution in [0.2, 0.25) is 0 Å². The highest BCUT2D eigenvalue weighted by Gasteiger charge is 2.17. The number of carboxylic acid groups (broad SMARTS) is 1. The molecule has 0 saturated heterocycles. The lowest BCUT2D eigenvalue weighted by molar-refractivity contribution is -0.136. The van der Waals surface area contributed by atoms with Crippen LogP contribution in [0.3, 0.4) is 0 Å². The number of aliphatic carboxylic acids is 1. The van der Waals surface area contributed by atoms with E-state index in [0.29, 0.717) is 25.3 Å². The number of nitrogens with one attached hydrogen (secondary N) is 2. The van der Waals surface area contributed by atoms with Crippen molar-refractivity contribution in [3.8, 4) is 11.1 Å². The fourth-order valence-electron chi connectivity index (χ4n) is 4.39. The molecular weight excluding hydrogens is 474 g/mol. The van der Waals surface area contributed by atoms with Crippen molar-refractivity contribution in [3.05, 3.63) is 95.1 Å². The summed E-state index contributed by atoms with van der Waals surface area (Å²) in [6.45, 7) is 9.27. The predicted octanol–water partition coefficient (Wildman–Crippen LogP) is 6.81. The van der Waals surface area contributed by atoms with Crippen LogP contribution in [0.25, 0.3) is 11.1 Å². The van der Waals surface area contributed by atoms with Crippen molar-refractivity contribution in [2.45, 2.75) is 65.3 Å². The van der Waals surface area contributed by atoms with Crippen molar-refractivity contribution in [3.63, 3.8) is 0 Å². The van der Waals surface area contributed by atoms with Gasteiger partial charge in [-0.05, 0) is 58.6 Å². The quantitative estimate of drug-likeness (QED) is 0.205. The molecule has 2 amide bonds. The minimum absolute atomic E-state index is 0.000624. The van der Waals surface area contributed by atoms with Gasteiger partial charge in [0, 0.05) is 19.5 Å². The molecule has 3 aromatic carbocycles. The van der Waals surface area contributed by atoms with Gasteiger partial charge < -0.3 is 10.4 Å². The Bertz CT molecular complexity index is 1260. The van der Waals surface area contributed by atoms with Crippen LogP contribution in [0.1, 0.15) is 62.8 Å². The van der Waals surface area contributed by atoms with Crippen molar-refractivity contribution >= 4 is 17.8 Å². The number of nitrogens with zero attached hydrogens (tertiary/aromatic N) is 1. The van der Waals surface area contributed by atoms with Gasteiger partial charge in [-0.3, -0.25) is 15.1 Å². The molecule has 3 rings (SSSR count). The summed E-state index contributed by atoms with van der Waals surface area (Å²) in [7, 11) is 0. The Kier molecular flexibility index (Phi) is 9.83. The Balaban J connectivity index is 1.52. The van der Waals surface area contributed by atoms with E-state index >= 15 is 0 Å². The first kappa shape index (κ1) is 28.6. The SMILES string of the molecule is CCN(C(=N)CCCc1cccc(-c2cccc(CC(=O)O)c2)c1)C(=O)NCc1ccc(C(C)(C)C)cc1. The zero-order chi connectivity index (χ0) is 27.7. The van der Waals surface area contributed by atoms with E-state index in [1.165, 1.54) is 10.5 Å². The number of carbonyl (C=O) groups is 2. The van der Waals surface area contributed by atoms with Crippen molar-refractivity contribution in [1.82, 2.24) is 10.2 Å². The molecule has 0 fully saturated rings. The summed E-state index contributed by atoms with van der Waals surface area (Å²) < 4.78 is 0. The average Bonchev–Trinajstić information content (AvgIpc) is 2.87. The van der Waals surface area contributed by atoms with Crippen LogP contribution in [-0.4, -0.2) is 34.4 Å². The van der Waals surface area contributed by atoms with Gasteiger partial charge in [0.2, 0.25) is 0 Å². The van der Waals surface area contributed by atoms with Gasteiger partial charge in [-0.25, -0.2) is 4.79 Å². The molecule has 38 heavy (non-hydrogen) atoms. The third-order valence-electron chi connectivity index (χ3n) is 6.57. The van der Waals surface area contributed by atoms with Crippen LogP contribution in [-0.2, 0) is 29.6 Å².